The lowest BCUT2D eigenvalue weighted by Gasteiger charge is -2.35. The first-order chi connectivity index (χ1) is 18.8. The van der Waals surface area contributed by atoms with Crippen molar-refractivity contribution in [3.05, 3.63) is 66.0 Å². The molecule has 1 aromatic carbocycles. The van der Waals surface area contributed by atoms with E-state index >= 15 is 0 Å². The molecule has 0 unspecified atom stereocenters. The number of pyridine rings is 1. The lowest BCUT2D eigenvalue weighted by atomic mass is 10.1. The summed E-state index contributed by atoms with van der Waals surface area (Å²) in [6.45, 7) is 12.3. The van der Waals surface area contributed by atoms with Crippen LogP contribution in [0.3, 0.4) is 0 Å². The number of piperazine rings is 1. The average Bonchev–Trinajstić information content (AvgIpc) is 3.30. The normalized spacial score (nSPS) is 14.5. The first-order valence-electron chi connectivity index (χ1n) is 13.4. The molecule has 0 atom stereocenters. The van der Waals surface area contributed by atoms with E-state index in [0.717, 1.165) is 65.8 Å². The highest BCUT2D eigenvalue weighted by atomic mass is 16.6. The zero-order valence-corrected chi connectivity index (χ0v) is 23.1. The maximum Gasteiger partial charge on any atom is 0.410 e. The second-order valence-electron chi connectivity index (χ2n) is 10.8. The van der Waals surface area contributed by atoms with E-state index in [-0.39, 0.29) is 6.09 Å². The van der Waals surface area contributed by atoms with Crippen LogP contribution in [0, 0.1) is 0 Å². The van der Waals surface area contributed by atoms with Crippen LogP contribution in [0.15, 0.2) is 48.9 Å². The fourth-order valence-corrected chi connectivity index (χ4v) is 4.67. The van der Waals surface area contributed by atoms with Crippen molar-refractivity contribution >= 4 is 22.9 Å². The molecule has 4 heterocycles. The Bertz CT molecular complexity index is 1440. The van der Waals surface area contributed by atoms with Crippen LogP contribution < -0.4 is 5.32 Å². The van der Waals surface area contributed by atoms with Crippen molar-refractivity contribution in [2.45, 2.75) is 46.3 Å². The molecule has 204 valence electrons. The smallest absolute Gasteiger partial charge is 0.410 e. The van der Waals surface area contributed by atoms with Gasteiger partial charge in [0, 0.05) is 69.2 Å². The Balaban J connectivity index is 1.21. The fraction of sp³-hybridized carbons (Fsp3) is 0.414. The summed E-state index contributed by atoms with van der Waals surface area (Å²) in [5.41, 5.74) is 5.43. The van der Waals surface area contributed by atoms with Crippen LogP contribution in [0.25, 0.3) is 22.3 Å². The van der Waals surface area contributed by atoms with Crippen LogP contribution in [-0.4, -0.2) is 79.1 Å². The van der Waals surface area contributed by atoms with Gasteiger partial charge in [-0.2, -0.15) is 0 Å². The summed E-state index contributed by atoms with van der Waals surface area (Å²) < 4.78 is 5.51. The van der Waals surface area contributed by atoms with E-state index in [2.05, 4.69) is 48.4 Å². The zero-order chi connectivity index (χ0) is 27.4. The van der Waals surface area contributed by atoms with Gasteiger partial charge in [0.05, 0.1) is 16.7 Å². The van der Waals surface area contributed by atoms with Gasteiger partial charge >= 0.3 is 6.09 Å². The maximum atomic E-state index is 12.3. The minimum Gasteiger partial charge on any atom is -0.444 e. The van der Waals surface area contributed by atoms with Gasteiger partial charge in [-0.3, -0.25) is 9.88 Å². The Morgan fingerprint density at radius 2 is 1.87 bits per heavy atom. The monoisotopic (exact) mass is 528 g/mol. The first-order valence-corrected chi connectivity index (χ1v) is 13.4. The molecule has 1 aliphatic heterocycles. The number of anilines is 1. The lowest BCUT2D eigenvalue weighted by Crippen LogP contribution is -2.49. The molecule has 1 fully saturated rings. The maximum absolute atomic E-state index is 12.3. The van der Waals surface area contributed by atoms with Gasteiger partial charge < -0.3 is 19.9 Å². The average molecular weight is 529 g/mol. The van der Waals surface area contributed by atoms with Crippen LogP contribution in [-0.2, 0) is 17.7 Å². The summed E-state index contributed by atoms with van der Waals surface area (Å²) >= 11 is 0. The molecule has 0 spiro atoms. The Hall–Kier alpha value is -4.05. The van der Waals surface area contributed by atoms with Crippen LogP contribution in [0.1, 0.15) is 44.8 Å². The second-order valence-corrected chi connectivity index (χ2v) is 10.8. The van der Waals surface area contributed by atoms with Gasteiger partial charge in [0.25, 0.3) is 0 Å². The van der Waals surface area contributed by atoms with Crippen molar-refractivity contribution in [1.82, 2.24) is 34.7 Å². The number of ether oxygens (including phenoxy) is 1. The van der Waals surface area contributed by atoms with Crippen molar-refractivity contribution in [3.8, 4) is 11.3 Å². The topological polar surface area (TPSA) is 112 Å². The molecule has 1 saturated heterocycles. The van der Waals surface area contributed by atoms with E-state index in [9.17, 15) is 4.79 Å². The first kappa shape index (κ1) is 26.6. The van der Waals surface area contributed by atoms with Crippen LogP contribution in [0.2, 0.25) is 0 Å². The highest BCUT2D eigenvalue weighted by Crippen LogP contribution is 2.24. The van der Waals surface area contributed by atoms with E-state index in [4.69, 9.17) is 9.72 Å². The third-order valence-corrected chi connectivity index (χ3v) is 6.51. The number of aromatic nitrogens is 5. The van der Waals surface area contributed by atoms with Crippen LogP contribution in [0.4, 0.5) is 10.6 Å². The van der Waals surface area contributed by atoms with Gasteiger partial charge in [0.2, 0.25) is 0 Å². The summed E-state index contributed by atoms with van der Waals surface area (Å²) in [7, 11) is 0. The number of aromatic amines is 1. The molecule has 2 N–H and O–H groups in total. The Labute approximate surface area is 228 Å². The van der Waals surface area contributed by atoms with Gasteiger partial charge in [0.1, 0.15) is 23.6 Å². The zero-order valence-electron chi connectivity index (χ0n) is 23.1. The highest BCUT2D eigenvalue weighted by Gasteiger charge is 2.25. The number of carbonyl (C=O) groups excluding carboxylic acids is 1. The predicted octanol–water partition coefficient (Wildman–Crippen LogP) is 4.49. The van der Waals surface area contributed by atoms with Gasteiger partial charge in [-0.05, 0) is 57.5 Å². The number of imidazole rings is 1. The van der Waals surface area contributed by atoms with Crippen LogP contribution in [0.5, 0.6) is 0 Å². The minimum atomic E-state index is -0.476. The third-order valence-electron chi connectivity index (χ3n) is 6.51. The fourth-order valence-electron chi connectivity index (χ4n) is 4.67. The van der Waals surface area contributed by atoms with E-state index in [1.807, 2.05) is 52.1 Å². The SMILES string of the molecule is CCNc1cc(-c2ccc3nc(Cc4cc(CN5CCN(C(=O)OC(C)(C)C)CC5)ccn4)[nH]c3c2)ncn1. The number of amides is 1. The molecule has 0 saturated carbocycles. The van der Waals surface area contributed by atoms with Crippen molar-refractivity contribution < 1.29 is 9.53 Å². The predicted molar refractivity (Wildman–Crippen MR) is 151 cm³/mol. The number of H-pyrrole nitrogens is 1. The molecular weight excluding hydrogens is 492 g/mol. The van der Waals surface area contributed by atoms with E-state index in [1.165, 1.54) is 5.56 Å². The lowest BCUT2D eigenvalue weighted by molar-refractivity contribution is 0.0139. The van der Waals surface area contributed by atoms with E-state index in [1.54, 1.807) is 11.2 Å². The van der Waals surface area contributed by atoms with Gasteiger partial charge in [-0.15, -0.1) is 0 Å². The summed E-state index contributed by atoms with van der Waals surface area (Å²) in [5.74, 6) is 1.68. The number of hydrogen-bond donors (Lipinski definition) is 2. The largest absolute Gasteiger partial charge is 0.444 e. The number of rotatable bonds is 7. The van der Waals surface area contributed by atoms with Gasteiger partial charge in [-0.25, -0.2) is 19.7 Å². The number of hydrogen-bond acceptors (Lipinski definition) is 8. The van der Waals surface area contributed by atoms with Crippen LogP contribution >= 0.6 is 0 Å². The summed E-state index contributed by atoms with van der Waals surface area (Å²) in [6.07, 6.45) is 3.82. The second kappa shape index (κ2) is 11.4. The molecule has 1 amide bonds. The number of nitrogens with one attached hydrogen (secondary N) is 2. The summed E-state index contributed by atoms with van der Waals surface area (Å²) in [6, 6.07) is 12.3. The molecule has 39 heavy (non-hydrogen) atoms. The Morgan fingerprint density at radius 1 is 1.05 bits per heavy atom. The Morgan fingerprint density at radius 3 is 2.64 bits per heavy atom. The molecule has 5 rings (SSSR count). The molecule has 0 radical (unpaired) electrons. The molecule has 10 nitrogen and oxygen atoms in total. The third kappa shape index (κ3) is 6.88. The highest BCUT2D eigenvalue weighted by molar-refractivity contribution is 5.81. The van der Waals surface area contributed by atoms with Crippen molar-refractivity contribution in [2.24, 2.45) is 0 Å². The number of nitrogens with zero attached hydrogens (tertiary/aromatic N) is 6. The van der Waals surface area contributed by atoms with Crippen molar-refractivity contribution in [2.75, 3.05) is 38.0 Å². The van der Waals surface area contributed by atoms with Gasteiger partial charge in [-0.1, -0.05) is 6.07 Å². The summed E-state index contributed by atoms with van der Waals surface area (Å²) in [4.78, 5) is 38.0. The molecule has 0 aliphatic carbocycles. The van der Waals surface area contributed by atoms with E-state index < -0.39 is 5.60 Å². The standard InChI is InChI=1S/C29H36N8O2/c1-5-30-26-17-24(32-19-33-26)21-6-7-23-25(15-21)35-27(34-23)16-22-14-20(8-9-31-22)18-36-10-12-37(13-11-36)28(38)39-29(2,3)4/h6-9,14-15,17,19H,5,10-13,16,18H2,1-4H3,(H,34,35)(H,30,32,33). The molecule has 10 heteroatoms. The number of fused-ring (bicyclic) bond motifs is 1. The molecule has 1 aliphatic rings. The molecular formula is C29H36N8O2. The number of benzene rings is 1. The molecule has 3 aromatic heterocycles. The van der Waals surface area contributed by atoms with Gasteiger partial charge in [0.15, 0.2) is 0 Å². The minimum absolute atomic E-state index is 0.235. The summed E-state index contributed by atoms with van der Waals surface area (Å²) in [5, 5.41) is 3.23. The molecule has 4 aromatic rings. The Kier molecular flexibility index (Phi) is 7.74. The quantitative estimate of drug-likeness (QED) is 0.361. The number of carbonyl (C=O) groups is 1. The van der Waals surface area contributed by atoms with Crippen molar-refractivity contribution in [1.29, 1.82) is 0 Å². The molecule has 0 bridgehead atoms. The van der Waals surface area contributed by atoms with Crippen molar-refractivity contribution in [3.63, 3.8) is 0 Å². The van der Waals surface area contributed by atoms with E-state index in [0.29, 0.717) is 19.5 Å².